The van der Waals surface area contributed by atoms with Crippen LogP contribution in [0.1, 0.15) is 5.56 Å². The molecule has 0 unspecified atom stereocenters. The van der Waals surface area contributed by atoms with Crippen LogP contribution in [0.25, 0.3) is 33.2 Å². The van der Waals surface area contributed by atoms with Crippen LogP contribution in [-0.4, -0.2) is 22.9 Å². The number of benzene rings is 4. The molecule has 0 atom stereocenters. The smallest absolute Gasteiger partial charge is 0.228 e. The van der Waals surface area contributed by atoms with E-state index in [1.54, 1.807) is 24.5 Å². The summed E-state index contributed by atoms with van der Waals surface area (Å²) in [6, 6.07) is 32.3. The minimum Gasteiger partial charge on any atom is -0.361 e. The molecule has 2 heterocycles. The first-order valence-corrected chi connectivity index (χ1v) is 13.0. The maximum Gasteiger partial charge on any atom is 0.228 e. The van der Waals surface area contributed by atoms with Crippen molar-refractivity contribution in [3.05, 3.63) is 133 Å². The van der Waals surface area contributed by atoms with Gasteiger partial charge < -0.3 is 15.2 Å². The van der Waals surface area contributed by atoms with Gasteiger partial charge in [0.15, 0.2) is 0 Å². The molecule has 0 aliphatic rings. The predicted molar refractivity (Wildman–Crippen MR) is 160 cm³/mol. The van der Waals surface area contributed by atoms with Crippen molar-refractivity contribution in [3.8, 4) is 22.3 Å². The van der Waals surface area contributed by atoms with E-state index in [9.17, 15) is 4.79 Å². The molecule has 1 amide bonds. The van der Waals surface area contributed by atoms with Gasteiger partial charge in [-0.05, 0) is 59.2 Å². The zero-order valence-electron chi connectivity index (χ0n) is 21.9. The number of nitrogens with zero attached hydrogens (tertiary/aromatic N) is 2. The number of anilines is 3. The number of hydrogen-bond donors (Lipinski definition) is 2. The second-order valence-corrected chi connectivity index (χ2v) is 9.65. The number of amides is 1. The molecule has 40 heavy (non-hydrogen) atoms. The Morgan fingerprint density at radius 3 is 2.50 bits per heavy atom. The molecule has 0 aliphatic carbocycles. The van der Waals surface area contributed by atoms with Gasteiger partial charge in [-0.25, -0.2) is 4.39 Å². The van der Waals surface area contributed by atoms with Gasteiger partial charge in [-0.2, -0.15) is 0 Å². The van der Waals surface area contributed by atoms with Gasteiger partial charge in [-0.15, -0.1) is 0 Å². The molecule has 0 bridgehead atoms. The number of carbonyl (C=O) groups excluding carboxylic acids is 1. The average Bonchev–Trinajstić information content (AvgIpc) is 3.40. The van der Waals surface area contributed by atoms with E-state index < -0.39 is 0 Å². The molecular formula is C34H27FN4O. The molecule has 0 fully saturated rings. The highest BCUT2D eigenvalue weighted by Crippen LogP contribution is 2.38. The number of halogens is 1. The molecule has 0 aliphatic heterocycles. The molecule has 6 rings (SSSR count). The van der Waals surface area contributed by atoms with Crippen molar-refractivity contribution < 1.29 is 9.18 Å². The molecule has 196 valence electrons. The fourth-order valence-corrected chi connectivity index (χ4v) is 5.01. The summed E-state index contributed by atoms with van der Waals surface area (Å²) >= 11 is 0. The molecule has 0 radical (unpaired) electrons. The standard InChI is InChI=1S/C34H27FN4O/c1-39(27-10-7-17-36-22-27)33-16-14-26(38-34(40)19-25-21-37-32-12-6-5-11-28(25)32)20-30(33)29-15-13-24(18-31(29)35)23-8-3-2-4-9-23/h2-18,20-22,37H,19H2,1H3,(H,38,40). The van der Waals surface area contributed by atoms with Crippen molar-refractivity contribution >= 4 is 33.9 Å². The van der Waals surface area contributed by atoms with Gasteiger partial charge in [0.1, 0.15) is 5.82 Å². The molecular weight excluding hydrogens is 499 g/mol. The largest absolute Gasteiger partial charge is 0.361 e. The van der Waals surface area contributed by atoms with E-state index in [1.807, 2.05) is 109 Å². The lowest BCUT2D eigenvalue weighted by molar-refractivity contribution is -0.115. The topological polar surface area (TPSA) is 61.0 Å². The molecule has 6 aromatic rings. The van der Waals surface area contributed by atoms with Gasteiger partial charge in [0.05, 0.1) is 18.3 Å². The number of aromatic nitrogens is 2. The van der Waals surface area contributed by atoms with Gasteiger partial charge in [0.25, 0.3) is 0 Å². The summed E-state index contributed by atoms with van der Waals surface area (Å²) in [5.41, 5.74) is 7.00. The van der Waals surface area contributed by atoms with Crippen LogP contribution in [0.4, 0.5) is 21.5 Å². The Morgan fingerprint density at radius 2 is 1.70 bits per heavy atom. The first-order chi connectivity index (χ1) is 19.6. The number of nitrogens with one attached hydrogen (secondary N) is 2. The Hall–Kier alpha value is -5.23. The van der Waals surface area contributed by atoms with Crippen molar-refractivity contribution in [1.82, 2.24) is 9.97 Å². The minimum atomic E-state index is -0.343. The van der Waals surface area contributed by atoms with E-state index in [2.05, 4.69) is 15.3 Å². The van der Waals surface area contributed by atoms with Crippen molar-refractivity contribution in [3.63, 3.8) is 0 Å². The van der Waals surface area contributed by atoms with Crippen LogP contribution in [0.3, 0.4) is 0 Å². The monoisotopic (exact) mass is 526 g/mol. The van der Waals surface area contributed by atoms with Crippen LogP contribution >= 0.6 is 0 Å². The molecule has 2 N–H and O–H groups in total. The molecule has 2 aromatic heterocycles. The Balaban J connectivity index is 1.35. The summed E-state index contributed by atoms with van der Waals surface area (Å²) in [7, 11) is 1.92. The van der Waals surface area contributed by atoms with Crippen LogP contribution in [0.5, 0.6) is 0 Å². The van der Waals surface area contributed by atoms with E-state index >= 15 is 4.39 Å². The third kappa shape index (κ3) is 5.07. The second kappa shape index (κ2) is 10.9. The SMILES string of the molecule is CN(c1cccnc1)c1ccc(NC(=O)Cc2c[nH]c3ccccc23)cc1-c1ccc(-c2ccccc2)cc1F. The van der Waals surface area contributed by atoms with Crippen LogP contribution in [0.15, 0.2) is 122 Å². The molecule has 0 saturated carbocycles. The minimum absolute atomic E-state index is 0.149. The molecule has 5 nitrogen and oxygen atoms in total. The number of aromatic amines is 1. The third-order valence-corrected chi connectivity index (χ3v) is 7.07. The summed E-state index contributed by atoms with van der Waals surface area (Å²) in [5.74, 6) is -0.492. The van der Waals surface area contributed by atoms with Crippen LogP contribution in [-0.2, 0) is 11.2 Å². The number of carbonyl (C=O) groups is 1. The Bertz CT molecular complexity index is 1800. The van der Waals surface area contributed by atoms with E-state index in [4.69, 9.17) is 0 Å². The number of pyridine rings is 1. The summed E-state index contributed by atoms with van der Waals surface area (Å²) in [5, 5.41) is 4.03. The lowest BCUT2D eigenvalue weighted by Gasteiger charge is -2.23. The van der Waals surface area contributed by atoms with Crippen LogP contribution in [0, 0.1) is 5.82 Å². The number of hydrogen-bond acceptors (Lipinski definition) is 3. The zero-order valence-corrected chi connectivity index (χ0v) is 21.9. The van der Waals surface area contributed by atoms with E-state index in [1.165, 1.54) is 0 Å². The maximum absolute atomic E-state index is 15.7. The lowest BCUT2D eigenvalue weighted by Crippen LogP contribution is -2.15. The lowest BCUT2D eigenvalue weighted by atomic mass is 9.97. The van der Waals surface area contributed by atoms with E-state index in [-0.39, 0.29) is 18.1 Å². The first kappa shape index (κ1) is 25.1. The van der Waals surface area contributed by atoms with Gasteiger partial charge >= 0.3 is 0 Å². The van der Waals surface area contributed by atoms with Gasteiger partial charge in [-0.3, -0.25) is 9.78 Å². The second-order valence-electron chi connectivity index (χ2n) is 9.65. The van der Waals surface area contributed by atoms with Crippen LogP contribution < -0.4 is 10.2 Å². The molecule has 4 aromatic carbocycles. The fraction of sp³-hybridized carbons (Fsp3) is 0.0588. The highest BCUT2D eigenvalue weighted by Gasteiger charge is 2.17. The van der Waals surface area contributed by atoms with E-state index in [0.717, 1.165) is 39.0 Å². The fourth-order valence-electron chi connectivity index (χ4n) is 5.01. The highest BCUT2D eigenvalue weighted by molar-refractivity contribution is 5.97. The quantitative estimate of drug-likeness (QED) is 0.222. The molecule has 0 saturated heterocycles. The van der Waals surface area contributed by atoms with Crippen molar-refractivity contribution in [2.45, 2.75) is 6.42 Å². The van der Waals surface area contributed by atoms with Gasteiger partial charge in [0.2, 0.25) is 5.91 Å². The number of para-hydroxylation sites is 1. The number of fused-ring (bicyclic) bond motifs is 1. The Morgan fingerprint density at radius 1 is 0.875 bits per heavy atom. The summed E-state index contributed by atoms with van der Waals surface area (Å²) in [6.45, 7) is 0. The predicted octanol–water partition coefficient (Wildman–Crippen LogP) is 7.99. The van der Waals surface area contributed by atoms with E-state index in [0.29, 0.717) is 16.8 Å². The summed E-state index contributed by atoms with van der Waals surface area (Å²) in [4.78, 5) is 22.5. The van der Waals surface area contributed by atoms with Crippen molar-refractivity contribution in [2.75, 3.05) is 17.3 Å². The summed E-state index contributed by atoms with van der Waals surface area (Å²) in [6.07, 6.45) is 5.56. The van der Waals surface area contributed by atoms with Crippen molar-refractivity contribution in [2.24, 2.45) is 0 Å². The highest BCUT2D eigenvalue weighted by atomic mass is 19.1. The van der Waals surface area contributed by atoms with Gasteiger partial charge in [-0.1, -0.05) is 60.7 Å². The third-order valence-electron chi connectivity index (χ3n) is 7.07. The number of rotatable bonds is 7. The zero-order chi connectivity index (χ0) is 27.5. The molecule has 0 spiro atoms. The summed E-state index contributed by atoms with van der Waals surface area (Å²) < 4.78 is 15.7. The normalized spacial score (nSPS) is 10.9. The number of H-pyrrole nitrogens is 1. The average molecular weight is 527 g/mol. The molecule has 6 heteroatoms. The first-order valence-electron chi connectivity index (χ1n) is 13.0. The Kier molecular flexibility index (Phi) is 6.81. The van der Waals surface area contributed by atoms with Crippen molar-refractivity contribution in [1.29, 1.82) is 0 Å². The van der Waals surface area contributed by atoms with Crippen LogP contribution in [0.2, 0.25) is 0 Å². The van der Waals surface area contributed by atoms with Gasteiger partial charge in [0, 0.05) is 52.8 Å². The maximum atomic E-state index is 15.7. The Labute approximate surface area is 232 Å².